The maximum absolute atomic E-state index is 11.0. The van der Waals surface area contributed by atoms with E-state index in [1.807, 2.05) is 6.07 Å². The third-order valence-electron chi connectivity index (χ3n) is 3.47. The summed E-state index contributed by atoms with van der Waals surface area (Å²) in [5.74, 6) is 0. The Kier molecular flexibility index (Phi) is 5.35. The van der Waals surface area contributed by atoms with E-state index < -0.39 is 0 Å². The summed E-state index contributed by atoms with van der Waals surface area (Å²) in [5, 5.41) is 17.2. The van der Waals surface area contributed by atoms with Gasteiger partial charge >= 0.3 is 0 Å². The lowest BCUT2D eigenvalue weighted by molar-refractivity contribution is -0.384. The predicted molar refractivity (Wildman–Crippen MR) is 83.0 cm³/mol. The van der Waals surface area contributed by atoms with Crippen LogP contribution in [-0.2, 0) is 4.74 Å². The molecule has 1 aliphatic rings. The molecule has 0 amide bonds. The van der Waals surface area contributed by atoms with Gasteiger partial charge in [0.25, 0.3) is 5.69 Å². The zero-order valence-corrected chi connectivity index (χ0v) is 12.5. The third-order valence-corrected chi connectivity index (χ3v) is 3.47. The number of ether oxygens (including phenoxy) is 1. The van der Waals surface area contributed by atoms with Crippen LogP contribution in [0.3, 0.4) is 0 Å². The number of rotatable bonds is 6. The molecule has 0 saturated carbocycles. The third kappa shape index (κ3) is 4.57. The molecule has 2 N–H and O–H groups in total. The highest BCUT2D eigenvalue weighted by Gasteiger charge is 2.15. The van der Waals surface area contributed by atoms with Crippen LogP contribution < -0.4 is 10.6 Å². The standard InChI is InChI=1S/C14H22N4O3/c1-11(10-17-3-5-21-6-4-17)16-13-7-12(15-2)8-14(9-13)18(19)20/h7-9,11,15-16H,3-6,10H2,1-2H3. The number of nitrogens with zero attached hydrogens (tertiary/aromatic N) is 2. The molecule has 21 heavy (non-hydrogen) atoms. The van der Waals surface area contributed by atoms with Crippen molar-refractivity contribution in [2.24, 2.45) is 0 Å². The normalized spacial score (nSPS) is 17.2. The summed E-state index contributed by atoms with van der Waals surface area (Å²) < 4.78 is 5.33. The second kappa shape index (κ2) is 7.24. The molecule has 1 unspecified atom stereocenters. The molecule has 0 bridgehead atoms. The molecule has 2 rings (SSSR count). The van der Waals surface area contributed by atoms with E-state index in [0.717, 1.165) is 44.2 Å². The minimum Gasteiger partial charge on any atom is -0.388 e. The first-order chi connectivity index (χ1) is 10.1. The number of non-ortho nitro benzene ring substituents is 1. The first kappa shape index (κ1) is 15.5. The number of hydrogen-bond acceptors (Lipinski definition) is 6. The first-order valence-corrected chi connectivity index (χ1v) is 7.12. The molecule has 0 aromatic heterocycles. The van der Waals surface area contributed by atoms with Gasteiger partial charge in [0.05, 0.1) is 18.1 Å². The van der Waals surface area contributed by atoms with Crippen LogP contribution in [0.2, 0.25) is 0 Å². The molecule has 1 aliphatic heterocycles. The van der Waals surface area contributed by atoms with Crippen LogP contribution >= 0.6 is 0 Å². The van der Waals surface area contributed by atoms with E-state index in [-0.39, 0.29) is 16.7 Å². The molecule has 0 aliphatic carbocycles. The van der Waals surface area contributed by atoms with Crippen molar-refractivity contribution in [3.8, 4) is 0 Å². The Morgan fingerprint density at radius 3 is 2.62 bits per heavy atom. The number of morpholine rings is 1. The summed E-state index contributed by atoms with van der Waals surface area (Å²) in [5.41, 5.74) is 1.57. The highest BCUT2D eigenvalue weighted by Crippen LogP contribution is 2.24. The molecule has 7 nitrogen and oxygen atoms in total. The summed E-state index contributed by atoms with van der Waals surface area (Å²) in [4.78, 5) is 12.9. The predicted octanol–water partition coefficient (Wildman–Crippen LogP) is 1.77. The highest BCUT2D eigenvalue weighted by atomic mass is 16.6. The molecule has 1 aromatic carbocycles. The smallest absolute Gasteiger partial charge is 0.273 e. The molecule has 1 atom stereocenters. The fourth-order valence-electron chi connectivity index (χ4n) is 2.45. The Morgan fingerprint density at radius 1 is 1.33 bits per heavy atom. The number of anilines is 2. The average molecular weight is 294 g/mol. The van der Waals surface area contributed by atoms with Crippen LogP contribution in [0.25, 0.3) is 0 Å². The van der Waals surface area contributed by atoms with Gasteiger partial charge in [0, 0.05) is 56.2 Å². The van der Waals surface area contributed by atoms with E-state index in [1.165, 1.54) is 6.07 Å². The zero-order valence-electron chi connectivity index (χ0n) is 12.5. The van der Waals surface area contributed by atoms with Crippen LogP contribution in [0.15, 0.2) is 18.2 Å². The molecule has 1 saturated heterocycles. The fourth-order valence-corrected chi connectivity index (χ4v) is 2.45. The van der Waals surface area contributed by atoms with E-state index in [4.69, 9.17) is 4.74 Å². The van der Waals surface area contributed by atoms with E-state index in [9.17, 15) is 10.1 Å². The van der Waals surface area contributed by atoms with Crippen LogP contribution in [-0.4, -0.2) is 55.8 Å². The molecule has 1 heterocycles. The van der Waals surface area contributed by atoms with Crippen molar-refractivity contribution >= 4 is 17.1 Å². The van der Waals surface area contributed by atoms with Crippen molar-refractivity contribution in [3.05, 3.63) is 28.3 Å². The van der Waals surface area contributed by atoms with Crippen molar-refractivity contribution in [1.29, 1.82) is 0 Å². The number of benzene rings is 1. The maximum Gasteiger partial charge on any atom is 0.273 e. The van der Waals surface area contributed by atoms with Gasteiger partial charge in [-0.15, -0.1) is 0 Å². The molecule has 116 valence electrons. The summed E-state index contributed by atoms with van der Waals surface area (Å²) in [6, 6.07) is 5.17. The number of nitro groups is 1. The van der Waals surface area contributed by atoms with E-state index in [0.29, 0.717) is 0 Å². The summed E-state index contributed by atoms with van der Waals surface area (Å²) in [6.07, 6.45) is 0. The summed E-state index contributed by atoms with van der Waals surface area (Å²) in [7, 11) is 1.75. The van der Waals surface area contributed by atoms with Gasteiger partial charge in [-0.1, -0.05) is 0 Å². The lowest BCUT2D eigenvalue weighted by atomic mass is 10.2. The summed E-state index contributed by atoms with van der Waals surface area (Å²) >= 11 is 0. The minimum atomic E-state index is -0.376. The van der Waals surface area contributed by atoms with Crippen LogP contribution in [0.5, 0.6) is 0 Å². The monoisotopic (exact) mass is 294 g/mol. The van der Waals surface area contributed by atoms with E-state index >= 15 is 0 Å². The van der Waals surface area contributed by atoms with Gasteiger partial charge in [0.15, 0.2) is 0 Å². The second-order valence-electron chi connectivity index (χ2n) is 5.23. The number of nitrogens with one attached hydrogen (secondary N) is 2. The average Bonchev–Trinajstić information content (AvgIpc) is 2.47. The molecular formula is C14H22N4O3. The molecule has 0 spiro atoms. The molecular weight excluding hydrogens is 272 g/mol. The topological polar surface area (TPSA) is 79.7 Å². The highest BCUT2D eigenvalue weighted by molar-refractivity contribution is 5.63. The van der Waals surface area contributed by atoms with Gasteiger partial charge in [-0.2, -0.15) is 0 Å². The van der Waals surface area contributed by atoms with Gasteiger partial charge in [-0.05, 0) is 13.0 Å². The van der Waals surface area contributed by atoms with Crippen molar-refractivity contribution in [2.45, 2.75) is 13.0 Å². The van der Waals surface area contributed by atoms with Crippen molar-refractivity contribution in [2.75, 3.05) is 50.5 Å². The molecule has 0 radical (unpaired) electrons. The van der Waals surface area contributed by atoms with Gasteiger partial charge in [-0.25, -0.2) is 0 Å². The maximum atomic E-state index is 11.0. The van der Waals surface area contributed by atoms with Gasteiger partial charge in [0.1, 0.15) is 0 Å². The van der Waals surface area contributed by atoms with Gasteiger partial charge in [0.2, 0.25) is 0 Å². The Bertz CT molecular complexity index is 489. The van der Waals surface area contributed by atoms with Gasteiger partial charge in [-0.3, -0.25) is 15.0 Å². The quantitative estimate of drug-likeness (QED) is 0.615. The Hall–Kier alpha value is -1.86. The number of hydrogen-bond donors (Lipinski definition) is 2. The molecule has 1 fully saturated rings. The first-order valence-electron chi connectivity index (χ1n) is 7.12. The number of nitro benzene ring substituents is 1. The molecule has 1 aromatic rings. The largest absolute Gasteiger partial charge is 0.388 e. The summed E-state index contributed by atoms with van der Waals surface area (Å²) in [6.45, 7) is 6.38. The Balaban J connectivity index is 2.00. The molecule has 7 heteroatoms. The van der Waals surface area contributed by atoms with Gasteiger partial charge < -0.3 is 15.4 Å². The zero-order chi connectivity index (χ0) is 15.2. The van der Waals surface area contributed by atoms with Crippen molar-refractivity contribution < 1.29 is 9.66 Å². The van der Waals surface area contributed by atoms with Crippen LogP contribution in [0, 0.1) is 10.1 Å². The second-order valence-corrected chi connectivity index (χ2v) is 5.23. The lowest BCUT2D eigenvalue weighted by Gasteiger charge is -2.29. The van der Waals surface area contributed by atoms with Crippen molar-refractivity contribution in [3.63, 3.8) is 0 Å². The van der Waals surface area contributed by atoms with Crippen LogP contribution in [0.1, 0.15) is 6.92 Å². The van der Waals surface area contributed by atoms with E-state index in [1.54, 1.807) is 13.1 Å². The SMILES string of the molecule is CNc1cc(NC(C)CN2CCOCC2)cc([N+](=O)[O-])c1. The Labute approximate surface area is 124 Å². The van der Waals surface area contributed by atoms with Crippen LogP contribution in [0.4, 0.5) is 17.1 Å². The minimum absolute atomic E-state index is 0.0860. The van der Waals surface area contributed by atoms with Crippen molar-refractivity contribution in [1.82, 2.24) is 4.90 Å². The van der Waals surface area contributed by atoms with E-state index in [2.05, 4.69) is 22.5 Å². The fraction of sp³-hybridized carbons (Fsp3) is 0.571. The lowest BCUT2D eigenvalue weighted by Crippen LogP contribution is -2.42. The Morgan fingerprint density at radius 2 is 2.00 bits per heavy atom.